The zero-order valence-corrected chi connectivity index (χ0v) is 77.8. The molecule has 0 radical (unpaired) electrons. The molecule has 13 nitrogen and oxygen atoms in total. The Morgan fingerprint density at radius 3 is 1.39 bits per heavy atom. The van der Waals surface area contributed by atoms with Crippen LogP contribution in [0.2, 0.25) is 0 Å². The summed E-state index contributed by atoms with van der Waals surface area (Å²) >= 11 is 0. The fourth-order valence-corrected chi connectivity index (χ4v) is 33.6. The Bertz CT molecular complexity index is 4070. The molecule has 0 saturated heterocycles. The number of aliphatic hydroxyl groups is 8. The van der Waals surface area contributed by atoms with E-state index in [1.807, 2.05) is 6.07 Å². The second-order valence-corrected chi connectivity index (χ2v) is 46.5. The monoisotopic (exact) mass is 1690 g/mol. The van der Waals surface area contributed by atoms with Crippen LogP contribution in [0.25, 0.3) is 0 Å². The van der Waals surface area contributed by atoms with Gasteiger partial charge in [0, 0.05) is 67.4 Å². The number of hydrogen-bond donors (Lipinski definition) is 13. The molecule has 0 spiro atoms. The Kier molecular flexibility index (Phi) is 27.4. The minimum atomic E-state index is -0.826. The quantitative estimate of drug-likeness (QED) is 0.0626. The van der Waals surface area contributed by atoms with Gasteiger partial charge in [-0.05, 0) is 370 Å². The normalized spacial score (nSPS) is 47.1. The van der Waals surface area contributed by atoms with Gasteiger partial charge in [-0.25, -0.2) is 8.78 Å². The van der Waals surface area contributed by atoms with Gasteiger partial charge in [-0.15, -0.1) is 0 Å². The molecule has 0 amide bonds. The van der Waals surface area contributed by atoms with Gasteiger partial charge in [0.1, 0.15) is 0 Å². The van der Waals surface area contributed by atoms with E-state index in [4.69, 9.17) is 0 Å². The Morgan fingerprint density at radius 1 is 0.393 bits per heavy atom. The first kappa shape index (κ1) is 91.9. The van der Waals surface area contributed by atoms with Crippen LogP contribution in [0.4, 0.5) is 14.5 Å². The average Bonchev–Trinajstić information content (AvgIpc) is 1.41. The van der Waals surface area contributed by atoms with Crippen molar-refractivity contribution in [3.63, 3.8) is 0 Å². The number of anilines is 1. The predicted octanol–water partition coefficient (Wildman–Crippen LogP) is 19.7. The van der Waals surface area contributed by atoms with Crippen LogP contribution in [0.1, 0.15) is 320 Å². The first-order chi connectivity index (χ1) is 58.2. The van der Waals surface area contributed by atoms with Gasteiger partial charge in [-0.2, -0.15) is 0 Å². The molecule has 17 aliphatic carbocycles. The molecule has 122 heavy (non-hydrogen) atoms. The number of rotatable bonds is 14. The third-order valence-corrected chi connectivity index (χ3v) is 40.8. The third-order valence-electron chi connectivity index (χ3n) is 40.8. The van der Waals surface area contributed by atoms with Crippen molar-refractivity contribution in [1.82, 2.24) is 21.3 Å². The SMILES string of the molecule is C/C=C1/CCC2C3C(CC[C@]12C)[C@@]1(C)CCC(NC2CCCCC2)CC1[C@@H](O)[C@@H]3O.C/C=C1/CCC2C3C(CC[C@]12C)[C@@]1(C)CCC(NCCNCCC)CC1[C@@H](O)[C@@H]3O.CC1(C)CCC2=C1CCC1C2[C@@H](O)[C@H](O)C2C[C@H](NCc3ccc(F)c(F)c3)CC[C@]12C.CC[C@]1(C)CCC2=C1CCC1C2[C@@H](O)[C@H](O)C2CC(Nc3ccccc3)CC[C@]12C. The van der Waals surface area contributed by atoms with Crippen LogP contribution in [-0.2, 0) is 6.54 Å². The highest BCUT2D eigenvalue weighted by Gasteiger charge is 2.68. The van der Waals surface area contributed by atoms with Crippen LogP contribution in [0, 0.1) is 138 Å². The maximum atomic E-state index is 13.5. The van der Waals surface area contributed by atoms with E-state index in [1.165, 1.54) is 165 Å². The summed E-state index contributed by atoms with van der Waals surface area (Å²) in [5.41, 5.74) is 12.8. The maximum absolute atomic E-state index is 13.5. The van der Waals surface area contributed by atoms with Crippen molar-refractivity contribution in [3.05, 3.63) is 111 Å². The fraction of sp³-hybridized carbons (Fsp3) is 0.813. The molecular weight excluding hydrogens is 1520 g/mol. The molecule has 682 valence electrons. The van der Waals surface area contributed by atoms with Crippen molar-refractivity contribution >= 4 is 5.69 Å². The summed E-state index contributed by atoms with van der Waals surface area (Å²) in [7, 11) is 0. The van der Waals surface area contributed by atoms with Gasteiger partial charge < -0.3 is 67.4 Å². The molecule has 0 bridgehead atoms. The Hall–Kier alpha value is -3.42. The van der Waals surface area contributed by atoms with Crippen LogP contribution in [0.15, 0.2) is 94.1 Å². The van der Waals surface area contributed by atoms with Gasteiger partial charge in [-0.1, -0.05) is 165 Å². The van der Waals surface area contributed by atoms with Crippen LogP contribution in [-0.4, -0.2) is 140 Å². The summed E-state index contributed by atoms with van der Waals surface area (Å²) in [4.78, 5) is 0. The summed E-state index contributed by atoms with van der Waals surface area (Å²) in [6.07, 6.45) is 40.9. The number of nitrogens with one attached hydrogen (secondary N) is 5. The largest absolute Gasteiger partial charge is 0.390 e. The molecule has 13 saturated carbocycles. The molecule has 19 rings (SSSR count). The summed E-state index contributed by atoms with van der Waals surface area (Å²) < 4.78 is 26.8. The van der Waals surface area contributed by atoms with Gasteiger partial charge in [-0.3, -0.25) is 0 Å². The molecule has 2 aromatic carbocycles. The highest BCUT2D eigenvalue weighted by molar-refractivity contribution is 5.44. The lowest BCUT2D eigenvalue weighted by Crippen LogP contribution is -2.64. The third kappa shape index (κ3) is 16.4. The van der Waals surface area contributed by atoms with Crippen LogP contribution < -0.4 is 26.6 Å². The van der Waals surface area contributed by atoms with E-state index in [0.29, 0.717) is 71.6 Å². The lowest BCUT2D eigenvalue weighted by Gasteiger charge is -2.63. The van der Waals surface area contributed by atoms with Crippen molar-refractivity contribution in [2.24, 2.45) is 126 Å². The topological polar surface area (TPSA) is 222 Å². The number of halogens is 2. The molecule has 13 fully saturated rings. The van der Waals surface area contributed by atoms with Crippen molar-refractivity contribution in [3.8, 4) is 0 Å². The van der Waals surface area contributed by atoms with Crippen molar-refractivity contribution in [2.45, 2.75) is 400 Å². The maximum Gasteiger partial charge on any atom is 0.159 e. The molecule has 17 unspecified atom stereocenters. The summed E-state index contributed by atoms with van der Waals surface area (Å²) in [5, 5.41) is 109. The van der Waals surface area contributed by atoms with E-state index < -0.39 is 60.5 Å². The van der Waals surface area contributed by atoms with Crippen LogP contribution in [0.3, 0.4) is 0 Å². The summed E-state index contributed by atoms with van der Waals surface area (Å²) in [6, 6.07) is 16.7. The molecule has 33 atom stereocenters. The van der Waals surface area contributed by atoms with E-state index in [-0.39, 0.29) is 91.3 Å². The molecule has 2 aromatic rings. The Balaban J connectivity index is 0.000000121. The number of aliphatic hydroxyl groups excluding tert-OH is 8. The van der Waals surface area contributed by atoms with Crippen LogP contribution in [0.5, 0.6) is 0 Å². The van der Waals surface area contributed by atoms with Gasteiger partial charge in [0.25, 0.3) is 0 Å². The smallest absolute Gasteiger partial charge is 0.159 e. The Labute approximate surface area is 735 Å². The van der Waals surface area contributed by atoms with Crippen molar-refractivity contribution in [1.29, 1.82) is 0 Å². The minimum Gasteiger partial charge on any atom is -0.390 e. The van der Waals surface area contributed by atoms with E-state index >= 15 is 0 Å². The van der Waals surface area contributed by atoms with E-state index in [9.17, 15) is 49.6 Å². The number of fused-ring (bicyclic) bond motifs is 18. The molecule has 0 aliphatic heterocycles. The number of para-hydroxylation sites is 1. The standard InChI is InChI=1S/C27H37F2NO2.C27H39NO2.C27H45NO2.C26H46N2O2/c1-26(2)10-9-17-18(26)5-6-19-23(17)25(32)24(31)20-13-16(8-11-27(19,20)3)30-14-15-4-7-21(28)22(29)12-15;1-4-26(2)14-13-19-20(26)10-11-21-23(19)25(30)24(29)22-16-18(12-15-27(21,22)3)28-17-8-6-5-7-9-17;1-4-17-10-11-20-23-21(13-15-26(17,20)2)27(3)14-12-19(16-22(27)24(29)25(23)30)28-18-8-6-5-7-9-18;1-5-13-27-14-15-28-18-9-11-26(4)20-10-12-25(3)17(6-2)7-8-19(25)22(20)24(30)23(29)21(26)16-18/h4,7,12,16,19-20,23-25,30-32H,5-6,8-11,13-14H2,1-3H3;5-9,18,21-25,28-30H,4,10-16H2,1-3H3;4,18-25,28-30H,5-16H2,1-3H3;6,18-24,27-30H,5,7-16H2,1-4H3/b;;17-4-;17-6-/t16-,19?,20?,23?,24-,25-,27-;18?,21?,22?,23?,24-,25-,26-,27-;19?,20?,21?,22?,23?,24-,25-,26-,27-;18?,19?,20?,21?,22?,23-,24-,25-,26-/m1111/s1. The molecule has 13 N–H and O–H groups in total. The van der Waals surface area contributed by atoms with Crippen molar-refractivity contribution in [2.75, 3.05) is 25.0 Å². The average molecular weight is 1690 g/mol. The first-order valence-corrected chi connectivity index (χ1v) is 50.6. The van der Waals surface area contributed by atoms with Gasteiger partial charge in [0.2, 0.25) is 0 Å². The molecule has 15 heteroatoms. The molecule has 17 aliphatic rings. The summed E-state index contributed by atoms with van der Waals surface area (Å²) in [5.74, 6) is 3.00. The lowest BCUT2D eigenvalue weighted by atomic mass is 9.43. The van der Waals surface area contributed by atoms with E-state index in [2.05, 4.69) is 153 Å². The summed E-state index contributed by atoms with van der Waals surface area (Å²) in [6.45, 7) is 34.1. The number of hydrogen-bond acceptors (Lipinski definition) is 13. The van der Waals surface area contributed by atoms with Gasteiger partial charge >= 0.3 is 0 Å². The van der Waals surface area contributed by atoms with Gasteiger partial charge in [0.05, 0.1) is 48.8 Å². The Morgan fingerprint density at radius 2 is 0.861 bits per heavy atom. The van der Waals surface area contributed by atoms with E-state index in [1.54, 1.807) is 28.4 Å². The second-order valence-electron chi connectivity index (χ2n) is 46.5. The molecule has 0 aromatic heterocycles. The van der Waals surface area contributed by atoms with E-state index in [0.717, 1.165) is 114 Å². The lowest BCUT2D eigenvalue weighted by molar-refractivity contribution is -0.211. The minimum absolute atomic E-state index is 0.0226. The van der Waals surface area contributed by atoms with Gasteiger partial charge in [0.15, 0.2) is 11.6 Å². The number of benzene rings is 2. The van der Waals surface area contributed by atoms with Crippen molar-refractivity contribution < 1.29 is 49.6 Å². The zero-order valence-electron chi connectivity index (χ0n) is 77.8. The highest BCUT2D eigenvalue weighted by Crippen LogP contribution is 2.72. The van der Waals surface area contributed by atoms with Crippen LogP contribution >= 0.6 is 0 Å². The highest BCUT2D eigenvalue weighted by atomic mass is 19.2. The predicted molar refractivity (Wildman–Crippen MR) is 488 cm³/mol. The first-order valence-electron chi connectivity index (χ1n) is 50.6. The second kappa shape index (κ2) is 36.4. The zero-order chi connectivity index (χ0) is 86.5. The fourth-order valence-electron chi connectivity index (χ4n) is 33.6. The molecule has 0 heterocycles. The number of allylic oxidation sites excluding steroid dienone is 6. The molecular formula is C107H167F2N5O8.